The maximum absolute atomic E-state index is 6.83. The van der Waals surface area contributed by atoms with E-state index in [1.54, 1.807) is 0 Å². The number of benzene rings is 9. The minimum absolute atomic E-state index is 0. The first-order valence-corrected chi connectivity index (χ1v) is 31.4. The third-order valence-electron chi connectivity index (χ3n) is 15.1. The van der Waals surface area contributed by atoms with Crippen LogP contribution in [0.4, 0.5) is 0 Å². The summed E-state index contributed by atoms with van der Waals surface area (Å²) in [5.41, 5.74) is 16.3. The van der Waals surface area contributed by atoms with Gasteiger partial charge in [-0.3, -0.25) is 4.98 Å². The van der Waals surface area contributed by atoms with Crippen molar-refractivity contribution in [3.63, 3.8) is 0 Å². The molecule has 4 aromatic heterocycles. The van der Waals surface area contributed by atoms with E-state index >= 15 is 0 Å². The van der Waals surface area contributed by atoms with Gasteiger partial charge in [0.05, 0.1) is 30.5 Å². The first-order valence-electron chi connectivity index (χ1n) is 27.9. The summed E-state index contributed by atoms with van der Waals surface area (Å²) >= 11 is 0. The minimum Gasteiger partial charge on any atom is -0.501 e. The van der Waals surface area contributed by atoms with E-state index in [0.717, 1.165) is 66.9 Å². The maximum Gasteiger partial charge on any atom is 3.00 e. The van der Waals surface area contributed by atoms with Crippen molar-refractivity contribution in [3.05, 3.63) is 247 Å². The Morgan fingerprint density at radius 1 is 0.519 bits per heavy atom. The average molecular weight is 1250 g/mol. The predicted octanol–water partition coefficient (Wildman–Crippen LogP) is 19.6. The number of furan rings is 1. The third kappa shape index (κ3) is 11.8. The summed E-state index contributed by atoms with van der Waals surface area (Å²) in [7, 11) is -1.23. The van der Waals surface area contributed by atoms with Gasteiger partial charge in [-0.1, -0.05) is 182 Å². The quantitative estimate of drug-likeness (QED) is 0.0864. The van der Waals surface area contributed by atoms with Gasteiger partial charge in [-0.15, -0.1) is 90.0 Å². The monoisotopic (exact) mass is 1250 g/mol. The van der Waals surface area contributed by atoms with Crippen LogP contribution in [0.1, 0.15) is 77.0 Å². The van der Waals surface area contributed by atoms with Gasteiger partial charge >= 0.3 is 20.1 Å². The molecule has 0 saturated heterocycles. The summed E-state index contributed by atoms with van der Waals surface area (Å²) in [6.07, 6.45) is 3.97. The van der Waals surface area contributed by atoms with Gasteiger partial charge in [-0.05, 0) is 120 Å². The summed E-state index contributed by atoms with van der Waals surface area (Å²) in [5, 5.41) is 8.41. The van der Waals surface area contributed by atoms with Crippen molar-refractivity contribution in [3.8, 4) is 50.7 Å². The van der Waals surface area contributed by atoms with Gasteiger partial charge in [0.15, 0.2) is 0 Å². The molecule has 0 saturated carbocycles. The van der Waals surface area contributed by atoms with E-state index in [4.69, 9.17) is 9.40 Å². The Morgan fingerprint density at radius 2 is 1.14 bits per heavy atom. The van der Waals surface area contributed by atoms with Crippen LogP contribution in [0.3, 0.4) is 0 Å². The predicted molar refractivity (Wildman–Crippen MR) is 340 cm³/mol. The van der Waals surface area contributed by atoms with E-state index in [1.807, 2.05) is 67.0 Å². The van der Waals surface area contributed by atoms with Crippen LogP contribution in [0, 0.1) is 18.2 Å². The molecular weight excluding hydrogens is 1180 g/mol. The zero-order valence-corrected chi connectivity index (χ0v) is 51.3. The van der Waals surface area contributed by atoms with E-state index in [9.17, 15) is 0 Å². The number of rotatable bonds is 8. The number of fused-ring (bicyclic) bond motifs is 7. The molecule has 5 nitrogen and oxygen atoms in total. The summed E-state index contributed by atoms with van der Waals surface area (Å²) < 4.78 is 9.20. The zero-order chi connectivity index (χ0) is 55.7. The number of hydrogen-bond acceptors (Lipinski definition) is 4. The van der Waals surface area contributed by atoms with Crippen LogP contribution < -0.4 is 5.19 Å². The van der Waals surface area contributed by atoms with Crippen molar-refractivity contribution in [2.45, 2.75) is 85.4 Å². The molecule has 13 rings (SSSR count). The van der Waals surface area contributed by atoms with Gasteiger partial charge in [0.2, 0.25) is 0 Å². The van der Waals surface area contributed by atoms with Gasteiger partial charge in [0, 0.05) is 23.5 Å². The number of para-hydroxylation sites is 2. The average Bonchev–Trinajstić information content (AvgIpc) is 4.17. The fourth-order valence-corrected chi connectivity index (χ4v) is 11.6. The van der Waals surface area contributed by atoms with Crippen molar-refractivity contribution in [1.82, 2.24) is 19.5 Å². The van der Waals surface area contributed by atoms with Crippen LogP contribution in [0.15, 0.2) is 217 Å². The van der Waals surface area contributed by atoms with Crippen LogP contribution in [0.2, 0.25) is 19.6 Å². The first-order chi connectivity index (χ1) is 38.6. The molecule has 0 unspecified atom stereocenters. The fraction of sp³-hybridized carbons (Fsp3) is 0.176. The minimum atomic E-state index is -1.23. The van der Waals surface area contributed by atoms with Crippen LogP contribution in [-0.4, -0.2) is 27.6 Å². The SMILES string of the molecule is CC(C)(C)c1ccc(-c2[c-]cccc2)nc1.CC(C)c1cc(-c2ccccc2)cc(C(C)C)c1-n1c(-c2[c-]ccc3c2oc2cc4c(ccc5ccccc54)cc23)nc2ccccc21.C[Si](C)(C)c1ccc(-c2[c-]cccc2)nc1.[Ir+3]. The molecule has 4 heterocycles. The normalized spacial score (nSPS) is 11.7. The number of nitrogens with zero attached hydrogens (tertiary/aromatic N) is 4. The van der Waals surface area contributed by atoms with Crippen LogP contribution in [0.5, 0.6) is 0 Å². The van der Waals surface area contributed by atoms with Crippen LogP contribution in [-0.2, 0) is 25.5 Å². The standard InChI is InChI=1S/C45H35N2O.C15H16N.C14H16NSi.Ir/c1-27(2)36-24-32(29-13-6-5-7-14-29)25-37(28(3)4)43(36)47-41-20-11-10-19-40(41)46-45(47)35-18-12-17-34-39-23-31-22-21-30-15-8-9-16-33(30)38(31)26-42(39)48-44(34)35;1-15(2,3)13-9-10-14(16-11-13)12-7-5-4-6-8-12;1-16(2,3)13-9-10-14(15-11-13)12-7-5-4-6-8-12;/h5-17,19-28H,1-4H3;2*4-7,9-11H,1-3H3;/q3*-1;+3. The fourth-order valence-electron chi connectivity index (χ4n) is 10.5. The molecule has 9 aromatic carbocycles. The van der Waals surface area contributed by atoms with Gasteiger partial charge in [-0.25, -0.2) is 0 Å². The number of imidazole rings is 1. The smallest absolute Gasteiger partial charge is 0.501 e. The van der Waals surface area contributed by atoms with Crippen molar-refractivity contribution in [2.24, 2.45) is 0 Å². The number of pyridine rings is 2. The van der Waals surface area contributed by atoms with Crippen molar-refractivity contribution >= 4 is 67.8 Å². The molecule has 0 aliphatic rings. The molecular formula is C74H67IrN4OSi. The zero-order valence-electron chi connectivity index (χ0n) is 47.9. The second-order valence-corrected chi connectivity index (χ2v) is 28.5. The van der Waals surface area contributed by atoms with E-state index in [2.05, 4.69) is 246 Å². The molecule has 0 fully saturated rings. The summed E-state index contributed by atoms with van der Waals surface area (Å²) in [6, 6.07) is 79.8. The largest absolute Gasteiger partial charge is 3.00 e. The van der Waals surface area contributed by atoms with Gasteiger partial charge in [0.1, 0.15) is 5.58 Å². The van der Waals surface area contributed by atoms with Crippen molar-refractivity contribution in [1.29, 1.82) is 0 Å². The van der Waals surface area contributed by atoms with Crippen LogP contribution >= 0.6 is 0 Å². The Kier molecular flexibility index (Phi) is 16.4. The molecule has 0 atom stereocenters. The van der Waals surface area contributed by atoms with Gasteiger partial charge in [0.25, 0.3) is 0 Å². The molecule has 81 heavy (non-hydrogen) atoms. The topological polar surface area (TPSA) is 56.7 Å². The Bertz CT molecular complexity index is 4170. The molecule has 0 bridgehead atoms. The van der Waals surface area contributed by atoms with Gasteiger partial charge in [-0.2, -0.15) is 0 Å². The van der Waals surface area contributed by atoms with Gasteiger partial charge < -0.3 is 19.0 Å². The number of hydrogen-bond donors (Lipinski definition) is 0. The second-order valence-electron chi connectivity index (χ2n) is 23.4. The molecule has 0 aliphatic carbocycles. The van der Waals surface area contributed by atoms with E-state index in [-0.39, 0.29) is 37.4 Å². The van der Waals surface area contributed by atoms with Crippen LogP contribution in [0.25, 0.3) is 105 Å². The Morgan fingerprint density at radius 3 is 1.74 bits per heavy atom. The molecule has 13 aromatic rings. The Labute approximate surface area is 492 Å². The summed E-state index contributed by atoms with van der Waals surface area (Å²) in [6.45, 7) is 22.7. The maximum atomic E-state index is 6.83. The van der Waals surface area contributed by atoms with E-state index < -0.39 is 8.07 Å². The molecule has 0 amide bonds. The molecule has 0 aliphatic heterocycles. The van der Waals surface area contributed by atoms with Crippen molar-refractivity contribution < 1.29 is 24.5 Å². The Balaban J connectivity index is 0.000000182. The number of aromatic nitrogens is 4. The molecule has 402 valence electrons. The Hall–Kier alpha value is -8.06. The molecule has 7 heteroatoms. The second kappa shape index (κ2) is 23.6. The molecule has 0 spiro atoms. The van der Waals surface area contributed by atoms with Crippen molar-refractivity contribution in [2.75, 3.05) is 0 Å². The summed E-state index contributed by atoms with van der Waals surface area (Å²) in [5.74, 6) is 1.40. The molecule has 0 radical (unpaired) electrons. The third-order valence-corrected chi connectivity index (χ3v) is 17.1. The van der Waals surface area contributed by atoms with E-state index in [0.29, 0.717) is 0 Å². The molecule has 0 N–H and O–H groups in total. The first kappa shape index (κ1) is 56.2. The van der Waals surface area contributed by atoms with E-state index in [1.165, 1.54) is 60.2 Å². The summed E-state index contributed by atoms with van der Waals surface area (Å²) in [4.78, 5) is 14.3.